The molecule has 9 nitrogen and oxygen atoms in total. The van der Waals surface area contributed by atoms with Crippen molar-refractivity contribution >= 4 is 21.2 Å². The number of halogens is 2. The van der Waals surface area contributed by atoms with Gasteiger partial charge in [-0.3, -0.25) is 10.1 Å². The van der Waals surface area contributed by atoms with E-state index in [0.29, 0.717) is 6.07 Å². The van der Waals surface area contributed by atoms with E-state index < -0.39 is 31.1 Å². The SMILES string of the molecule is O=[N+]([O-])c1cc(S(=O)(=O)C(F)F)ccc1NCc1ccc(-n2cncn2)cc1. The van der Waals surface area contributed by atoms with Gasteiger partial charge in [0.15, 0.2) is 0 Å². The normalized spacial score (nSPS) is 11.5. The molecule has 146 valence electrons. The maximum Gasteiger partial charge on any atom is 0.341 e. The molecule has 0 amide bonds. The van der Waals surface area contributed by atoms with Crippen LogP contribution in [0.25, 0.3) is 5.69 Å². The fourth-order valence-electron chi connectivity index (χ4n) is 2.40. The van der Waals surface area contributed by atoms with Crippen LogP contribution in [0.4, 0.5) is 20.2 Å². The van der Waals surface area contributed by atoms with Crippen LogP contribution >= 0.6 is 0 Å². The lowest BCUT2D eigenvalue weighted by molar-refractivity contribution is -0.384. The van der Waals surface area contributed by atoms with E-state index in [1.165, 1.54) is 12.7 Å². The standard InChI is InChI=1S/C16H13F2N5O4S/c17-16(18)28(26,27)13-5-6-14(15(7-13)23(24)25)20-8-11-1-3-12(4-2-11)22-10-19-9-21-22/h1-7,9-10,16,20H,8H2. The second-order valence-electron chi connectivity index (χ2n) is 5.60. The number of benzene rings is 2. The van der Waals surface area contributed by atoms with Crippen molar-refractivity contribution in [3.63, 3.8) is 0 Å². The average molecular weight is 409 g/mol. The van der Waals surface area contributed by atoms with E-state index >= 15 is 0 Å². The Kier molecular flexibility index (Phi) is 5.31. The Morgan fingerprint density at radius 3 is 2.46 bits per heavy atom. The van der Waals surface area contributed by atoms with Gasteiger partial charge >= 0.3 is 5.76 Å². The molecule has 0 aliphatic rings. The molecule has 0 aliphatic heterocycles. The first-order chi connectivity index (χ1) is 13.3. The molecule has 0 fully saturated rings. The zero-order chi connectivity index (χ0) is 20.3. The van der Waals surface area contributed by atoms with Crippen LogP contribution in [0.1, 0.15) is 5.56 Å². The summed E-state index contributed by atoms with van der Waals surface area (Å²) in [6, 6.07) is 9.72. The zero-order valence-electron chi connectivity index (χ0n) is 14.1. The molecule has 0 unspecified atom stereocenters. The monoisotopic (exact) mass is 409 g/mol. The van der Waals surface area contributed by atoms with Crippen LogP contribution in [-0.4, -0.2) is 33.9 Å². The lowest BCUT2D eigenvalue weighted by Gasteiger charge is -2.10. The molecule has 1 N–H and O–H groups in total. The third kappa shape index (κ3) is 3.96. The molecular weight excluding hydrogens is 396 g/mol. The van der Waals surface area contributed by atoms with Crippen LogP contribution in [0.2, 0.25) is 0 Å². The number of anilines is 1. The molecule has 1 aromatic heterocycles. The first-order valence-corrected chi connectivity index (χ1v) is 9.32. The highest BCUT2D eigenvalue weighted by Gasteiger charge is 2.29. The predicted molar refractivity (Wildman–Crippen MR) is 95.0 cm³/mol. The van der Waals surface area contributed by atoms with Crippen LogP contribution < -0.4 is 5.32 Å². The second kappa shape index (κ2) is 7.68. The van der Waals surface area contributed by atoms with E-state index in [2.05, 4.69) is 15.4 Å². The van der Waals surface area contributed by atoms with Crippen molar-refractivity contribution in [3.05, 3.63) is 70.8 Å². The van der Waals surface area contributed by atoms with Crippen LogP contribution in [-0.2, 0) is 16.4 Å². The number of hydrogen-bond donors (Lipinski definition) is 1. The molecule has 12 heteroatoms. The molecule has 2 aromatic carbocycles. The molecular formula is C16H13F2N5O4S. The van der Waals surface area contributed by atoms with Crippen LogP contribution in [0.3, 0.4) is 0 Å². The van der Waals surface area contributed by atoms with Gasteiger partial charge in [0.25, 0.3) is 5.69 Å². The summed E-state index contributed by atoms with van der Waals surface area (Å²) in [5.74, 6) is -3.66. The molecule has 0 saturated heterocycles. The minimum absolute atomic E-state index is 0.0126. The lowest BCUT2D eigenvalue weighted by atomic mass is 10.2. The molecule has 0 radical (unpaired) electrons. The van der Waals surface area contributed by atoms with Gasteiger partial charge in [-0.1, -0.05) is 12.1 Å². The number of sulfone groups is 1. The third-order valence-corrected chi connectivity index (χ3v) is 5.21. The van der Waals surface area contributed by atoms with Gasteiger partial charge in [0.1, 0.15) is 18.3 Å². The third-order valence-electron chi connectivity index (χ3n) is 3.83. The Morgan fingerprint density at radius 2 is 1.89 bits per heavy atom. The van der Waals surface area contributed by atoms with Crippen molar-refractivity contribution in [2.45, 2.75) is 17.2 Å². The Labute approximate surface area is 157 Å². The number of nitrogens with zero attached hydrogens (tertiary/aromatic N) is 4. The van der Waals surface area contributed by atoms with Gasteiger partial charge in [-0.05, 0) is 29.8 Å². The molecule has 0 bridgehead atoms. The predicted octanol–water partition coefficient (Wildman–Crippen LogP) is 2.78. The molecule has 0 aliphatic carbocycles. The fraction of sp³-hybridized carbons (Fsp3) is 0.125. The van der Waals surface area contributed by atoms with Crippen molar-refractivity contribution in [2.24, 2.45) is 0 Å². The van der Waals surface area contributed by atoms with Gasteiger partial charge in [0.05, 0.1) is 15.5 Å². The number of rotatable bonds is 7. The number of nitro benzene ring substituents is 1. The highest BCUT2D eigenvalue weighted by Crippen LogP contribution is 2.30. The summed E-state index contributed by atoms with van der Waals surface area (Å²) >= 11 is 0. The summed E-state index contributed by atoms with van der Waals surface area (Å²) in [5, 5.41) is 18.0. The van der Waals surface area contributed by atoms with Crippen molar-refractivity contribution in [1.29, 1.82) is 0 Å². The van der Waals surface area contributed by atoms with Crippen molar-refractivity contribution in [2.75, 3.05) is 5.32 Å². The lowest BCUT2D eigenvalue weighted by Crippen LogP contribution is -2.12. The van der Waals surface area contributed by atoms with Crippen molar-refractivity contribution in [1.82, 2.24) is 14.8 Å². The number of alkyl halides is 2. The molecule has 1 heterocycles. The number of hydrogen-bond acceptors (Lipinski definition) is 7. The van der Waals surface area contributed by atoms with E-state index in [1.54, 1.807) is 28.9 Å². The topological polar surface area (TPSA) is 120 Å². The quantitative estimate of drug-likeness (QED) is 0.470. The maximum absolute atomic E-state index is 12.7. The summed E-state index contributed by atoms with van der Waals surface area (Å²) in [5.41, 5.74) is 0.954. The van der Waals surface area contributed by atoms with E-state index in [1.807, 2.05) is 0 Å². The summed E-state index contributed by atoms with van der Waals surface area (Å²) < 4.78 is 49.9. The molecule has 3 aromatic rings. The maximum atomic E-state index is 12.7. The fourth-order valence-corrected chi connectivity index (χ4v) is 3.14. The van der Waals surface area contributed by atoms with E-state index in [-0.39, 0.29) is 12.2 Å². The van der Waals surface area contributed by atoms with Crippen LogP contribution in [0, 0.1) is 10.1 Å². The Balaban J connectivity index is 1.79. The first kappa shape index (κ1) is 19.4. The zero-order valence-corrected chi connectivity index (χ0v) is 14.9. The minimum Gasteiger partial charge on any atom is -0.375 e. The van der Waals surface area contributed by atoms with Crippen molar-refractivity contribution in [3.8, 4) is 5.69 Å². The average Bonchev–Trinajstić information content (AvgIpc) is 3.21. The Morgan fingerprint density at radius 1 is 1.18 bits per heavy atom. The van der Waals surface area contributed by atoms with Gasteiger partial charge in [0, 0.05) is 12.6 Å². The van der Waals surface area contributed by atoms with Gasteiger partial charge in [-0.15, -0.1) is 0 Å². The summed E-state index contributed by atoms with van der Waals surface area (Å²) in [7, 11) is -4.92. The van der Waals surface area contributed by atoms with Gasteiger partial charge < -0.3 is 5.32 Å². The number of nitrogens with one attached hydrogen (secondary N) is 1. The molecule has 0 spiro atoms. The van der Waals surface area contributed by atoms with E-state index in [9.17, 15) is 27.3 Å². The smallest absolute Gasteiger partial charge is 0.341 e. The largest absolute Gasteiger partial charge is 0.375 e. The summed E-state index contributed by atoms with van der Waals surface area (Å²) in [6.45, 7) is 0.194. The number of nitro groups is 1. The molecule has 0 atom stereocenters. The second-order valence-corrected chi connectivity index (χ2v) is 7.52. The highest BCUT2D eigenvalue weighted by molar-refractivity contribution is 7.91. The number of aromatic nitrogens is 3. The van der Waals surface area contributed by atoms with Crippen molar-refractivity contribution < 1.29 is 22.1 Å². The Hall–Kier alpha value is -3.41. The summed E-state index contributed by atoms with van der Waals surface area (Å²) in [4.78, 5) is 13.4. The Bertz CT molecular complexity index is 1090. The molecule has 0 saturated carbocycles. The van der Waals surface area contributed by atoms with Gasteiger partial charge in [0.2, 0.25) is 9.84 Å². The van der Waals surface area contributed by atoms with E-state index in [0.717, 1.165) is 23.4 Å². The van der Waals surface area contributed by atoms with Gasteiger partial charge in [-0.25, -0.2) is 18.1 Å². The molecule has 28 heavy (non-hydrogen) atoms. The molecule has 3 rings (SSSR count). The first-order valence-electron chi connectivity index (χ1n) is 7.77. The highest BCUT2D eigenvalue weighted by atomic mass is 32.2. The summed E-state index contributed by atoms with van der Waals surface area (Å²) in [6.07, 6.45) is 2.93. The minimum atomic E-state index is -4.92. The van der Waals surface area contributed by atoms with Gasteiger partial charge in [-0.2, -0.15) is 13.9 Å². The van der Waals surface area contributed by atoms with E-state index in [4.69, 9.17) is 0 Å². The van der Waals surface area contributed by atoms with Crippen LogP contribution in [0.15, 0.2) is 60.0 Å². The van der Waals surface area contributed by atoms with Crippen LogP contribution in [0.5, 0.6) is 0 Å².